The predicted molar refractivity (Wildman–Crippen MR) is 111 cm³/mol. The van der Waals surface area contributed by atoms with Gasteiger partial charge >= 0.3 is 12.2 Å². The van der Waals surface area contributed by atoms with E-state index in [1.165, 1.54) is 6.07 Å². The van der Waals surface area contributed by atoms with Crippen LogP contribution in [0.2, 0.25) is 0 Å². The number of amides is 2. The first-order valence-electron chi connectivity index (χ1n) is 9.92. The van der Waals surface area contributed by atoms with Gasteiger partial charge in [0.2, 0.25) is 0 Å². The number of hydrogen-bond donors (Lipinski definition) is 1. The van der Waals surface area contributed by atoms with Crippen LogP contribution in [0, 0.1) is 0 Å². The molecule has 9 heteroatoms. The highest BCUT2D eigenvalue weighted by Gasteiger charge is 2.31. The molecule has 6 nitrogen and oxygen atoms in total. The van der Waals surface area contributed by atoms with Gasteiger partial charge in [0.25, 0.3) is 0 Å². The maximum atomic E-state index is 12.7. The molecule has 1 aliphatic rings. The molecular weight excluding hydrogens is 395 g/mol. The van der Waals surface area contributed by atoms with Gasteiger partial charge in [-0.2, -0.15) is 13.2 Å². The average molecular weight is 421 g/mol. The van der Waals surface area contributed by atoms with E-state index in [0.29, 0.717) is 45.1 Å². The Kier molecular flexibility index (Phi) is 7.02. The first-order valence-corrected chi connectivity index (χ1v) is 9.92. The topological polar surface area (TPSA) is 51.7 Å². The molecule has 1 aromatic carbocycles. The molecule has 30 heavy (non-hydrogen) atoms. The van der Waals surface area contributed by atoms with E-state index in [-0.39, 0.29) is 6.03 Å². The third-order valence-corrected chi connectivity index (χ3v) is 5.10. The minimum absolute atomic E-state index is 0.126. The third-order valence-electron chi connectivity index (χ3n) is 5.10. The molecule has 2 aromatic rings. The van der Waals surface area contributed by atoms with Crippen LogP contribution in [0.1, 0.15) is 12.0 Å². The summed E-state index contributed by atoms with van der Waals surface area (Å²) in [7, 11) is 1.97. The molecule has 1 N–H and O–H groups in total. The number of carbonyl (C=O) groups is 1. The number of halogens is 3. The van der Waals surface area contributed by atoms with E-state index >= 15 is 0 Å². The van der Waals surface area contributed by atoms with E-state index < -0.39 is 11.7 Å². The molecule has 1 aromatic heterocycles. The second-order valence-corrected chi connectivity index (χ2v) is 7.22. The van der Waals surface area contributed by atoms with Gasteiger partial charge in [-0.15, -0.1) is 0 Å². The fourth-order valence-corrected chi connectivity index (χ4v) is 3.34. The number of anilines is 2. The normalized spacial score (nSPS) is 14.9. The van der Waals surface area contributed by atoms with Gasteiger partial charge in [-0.3, -0.25) is 0 Å². The number of likely N-dealkylation sites (N-methyl/N-ethyl adjacent to an activating group) is 1. The number of nitrogens with one attached hydrogen (secondary N) is 1. The predicted octanol–water partition coefficient (Wildman–Crippen LogP) is 3.46. The summed E-state index contributed by atoms with van der Waals surface area (Å²) >= 11 is 0. The Morgan fingerprint density at radius 3 is 2.53 bits per heavy atom. The lowest BCUT2D eigenvalue weighted by atomic mass is 10.2. The van der Waals surface area contributed by atoms with Gasteiger partial charge in [0, 0.05) is 58.2 Å². The first kappa shape index (κ1) is 21.7. The summed E-state index contributed by atoms with van der Waals surface area (Å²) in [4.78, 5) is 22.2. The average Bonchev–Trinajstić information content (AvgIpc) is 3.00. The Balaban J connectivity index is 1.47. The highest BCUT2D eigenvalue weighted by atomic mass is 19.4. The maximum absolute atomic E-state index is 12.7. The van der Waals surface area contributed by atoms with Crippen LogP contribution in [0.5, 0.6) is 0 Å². The molecule has 0 unspecified atom stereocenters. The van der Waals surface area contributed by atoms with Crippen molar-refractivity contribution in [2.24, 2.45) is 0 Å². The van der Waals surface area contributed by atoms with Crippen molar-refractivity contribution in [3.63, 3.8) is 0 Å². The van der Waals surface area contributed by atoms with Crippen LogP contribution < -0.4 is 15.1 Å². The van der Waals surface area contributed by atoms with Crippen LogP contribution in [0.3, 0.4) is 0 Å². The van der Waals surface area contributed by atoms with Crippen molar-refractivity contribution in [1.82, 2.24) is 15.2 Å². The van der Waals surface area contributed by atoms with Crippen molar-refractivity contribution in [2.45, 2.75) is 12.6 Å². The molecule has 0 radical (unpaired) electrons. The Morgan fingerprint density at radius 2 is 1.87 bits per heavy atom. The van der Waals surface area contributed by atoms with E-state index in [2.05, 4.69) is 15.2 Å². The smallest absolute Gasteiger partial charge is 0.373 e. The van der Waals surface area contributed by atoms with Gasteiger partial charge in [0.1, 0.15) is 5.82 Å². The second kappa shape index (κ2) is 9.69. The molecule has 3 rings (SSSR count). The largest absolute Gasteiger partial charge is 0.417 e. The number of rotatable bonds is 5. The van der Waals surface area contributed by atoms with Crippen molar-refractivity contribution < 1.29 is 18.0 Å². The minimum atomic E-state index is -4.40. The number of carbonyl (C=O) groups excluding carboxylic acids is 1. The highest BCUT2D eigenvalue weighted by molar-refractivity contribution is 5.74. The maximum Gasteiger partial charge on any atom is 0.417 e. The van der Waals surface area contributed by atoms with Gasteiger partial charge in [-0.25, -0.2) is 9.78 Å². The minimum Gasteiger partial charge on any atom is -0.373 e. The lowest BCUT2D eigenvalue weighted by Crippen LogP contribution is -2.44. The third kappa shape index (κ3) is 5.77. The van der Waals surface area contributed by atoms with Crippen LogP contribution in [-0.4, -0.2) is 62.2 Å². The summed E-state index contributed by atoms with van der Waals surface area (Å²) < 4.78 is 38.1. The Bertz CT molecular complexity index is 814. The summed E-state index contributed by atoms with van der Waals surface area (Å²) in [6.45, 7) is 3.45. The summed E-state index contributed by atoms with van der Waals surface area (Å²) in [5.74, 6) is 0.495. The summed E-state index contributed by atoms with van der Waals surface area (Å²) in [6.07, 6.45) is -2.82. The Morgan fingerprint density at radius 1 is 1.10 bits per heavy atom. The van der Waals surface area contributed by atoms with E-state index in [1.54, 1.807) is 4.90 Å². The summed E-state index contributed by atoms with van der Waals surface area (Å²) in [5.41, 5.74) is 0.323. The van der Waals surface area contributed by atoms with Gasteiger partial charge in [-0.05, 0) is 30.7 Å². The second-order valence-electron chi connectivity index (χ2n) is 7.22. The molecule has 2 amide bonds. The molecule has 0 aliphatic carbocycles. The first-order chi connectivity index (χ1) is 14.3. The van der Waals surface area contributed by atoms with E-state index in [1.807, 2.05) is 42.3 Å². The molecule has 1 fully saturated rings. The van der Waals surface area contributed by atoms with Gasteiger partial charge < -0.3 is 20.0 Å². The fraction of sp³-hybridized carbons (Fsp3) is 0.429. The van der Waals surface area contributed by atoms with Gasteiger partial charge in [0.05, 0.1) is 5.56 Å². The zero-order valence-corrected chi connectivity index (χ0v) is 16.9. The lowest BCUT2D eigenvalue weighted by molar-refractivity contribution is -0.137. The summed E-state index contributed by atoms with van der Waals surface area (Å²) in [5, 5.41) is 2.95. The molecular formula is C21H26F3N5O. The lowest BCUT2D eigenvalue weighted by Gasteiger charge is -2.24. The van der Waals surface area contributed by atoms with Crippen LogP contribution in [0.25, 0.3) is 0 Å². The zero-order chi connectivity index (χ0) is 21.6. The quantitative estimate of drug-likeness (QED) is 0.804. The number of para-hydroxylation sites is 1. The highest BCUT2D eigenvalue weighted by Crippen LogP contribution is 2.29. The number of benzene rings is 1. The fourth-order valence-electron chi connectivity index (χ4n) is 3.34. The number of nitrogens with zero attached hydrogens (tertiary/aromatic N) is 4. The number of pyridine rings is 1. The zero-order valence-electron chi connectivity index (χ0n) is 16.9. The molecule has 0 bridgehead atoms. The van der Waals surface area contributed by atoms with E-state index in [4.69, 9.17) is 0 Å². The van der Waals surface area contributed by atoms with Crippen LogP contribution >= 0.6 is 0 Å². The molecule has 1 aliphatic heterocycles. The van der Waals surface area contributed by atoms with Gasteiger partial charge in [0.15, 0.2) is 0 Å². The SMILES string of the molecule is CN(CCNC(=O)N1CCCN(c2ccc(C(F)(F)F)cn2)CC1)c1ccccc1. The van der Waals surface area contributed by atoms with Crippen molar-refractivity contribution in [3.8, 4) is 0 Å². The number of aromatic nitrogens is 1. The van der Waals surface area contributed by atoms with E-state index in [0.717, 1.165) is 24.4 Å². The molecule has 0 atom stereocenters. The van der Waals surface area contributed by atoms with E-state index in [9.17, 15) is 18.0 Å². The molecule has 0 saturated carbocycles. The number of hydrogen-bond acceptors (Lipinski definition) is 4. The van der Waals surface area contributed by atoms with Crippen molar-refractivity contribution in [3.05, 3.63) is 54.2 Å². The van der Waals surface area contributed by atoms with Crippen LogP contribution in [-0.2, 0) is 6.18 Å². The number of alkyl halides is 3. The monoisotopic (exact) mass is 421 g/mol. The van der Waals surface area contributed by atoms with Crippen molar-refractivity contribution in [1.29, 1.82) is 0 Å². The standard InChI is InChI=1S/C21H26F3N5O/c1-27(18-6-3-2-4-7-18)13-10-25-20(30)29-12-5-11-28(14-15-29)19-9-8-17(16-26-19)21(22,23)24/h2-4,6-9,16H,5,10-15H2,1H3,(H,25,30). The van der Waals surface area contributed by atoms with Crippen LogP contribution in [0.4, 0.5) is 29.5 Å². The Hall–Kier alpha value is -2.97. The molecule has 1 saturated heterocycles. The number of urea groups is 1. The molecule has 0 spiro atoms. The van der Waals surface area contributed by atoms with Crippen LogP contribution in [0.15, 0.2) is 48.7 Å². The van der Waals surface area contributed by atoms with Crippen molar-refractivity contribution >= 4 is 17.5 Å². The molecule has 162 valence electrons. The van der Waals surface area contributed by atoms with Crippen molar-refractivity contribution in [2.75, 3.05) is 56.1 Å². The van der Waals surface area contributed by atoms with Gasteiger partial charge in [-0.1, -0.05) is 18.2 Å². The molecule has 2 heterocycles. The Labute approximate surface area is 174 Å². The summed E-state index contributed by atoms with van der Waals surface area (Å²) in [6, 6.07) is 12.2.